The van der Waals surface area contributed by atoms with E-state index in [2.05, 4.69) is 13.8 Å². The number of hydrogen-bond donors (Lipinski definition) is 0. The van der Waals surface area contributed by atoms with Crippen molar-refractivity contribution in [3.8, 4) is 5.75 Å². The highest BCUT2D eigenvalue weighted by Crippen LogP contribution is 2.32. The van der Waals surface area contributed by atoms with Gasteiger partial charge in [-0.15, -0.1) is 11.8 Å². The third-order valence-corrected chi connectivity index (χ3v) is 4.36. The molecule has 0 bridgehead atoms. The normalized spacial score (nSPS) is 12.0. The standard InChI is InChI=1S/C20H24O3S/c1-4-22-20(21)18(14-16-10-6-5-7-11-16)23-17-12-8-9-13-19(17)24-15(2)3/h5-13,15,18H,4,14H2,1-3H3. The van der Waals surface area contributed by atoms with Crippen LogP contribution in [0.25, 0.3) is 0 Å². The molecular formula is C20H24O3S. The van der Waals surface area contributed by atoms with Crippen molar-refractivity contribution in [3.05, 3.63) is 60.2 Å². The minimum atomic E-state index is -0.652. The average molecular weight is 344 g/mol. The summed E-state index contributed by atoms with van der Waals surface area (Å²) in [7, 11) is 0. The SMILES string of the molecule is CCOC(=O)C(Cc1ccccc1)Oc1ccccc1SC(C)C. The van der Waals surface area contributed by atoms with E-state index in [1.165, 1.54) is 0 Å². The maximum absolute atomic E-state index is 12.3. The number of hydrogen-bond acceptors (Lipinski definition) is 4. The molecule has 3 nitrogen and oxygen atoms in total. The van der Waals surface area contributed by atoms with E-state index in [4.69, 9.17) is 9.47 Å². The monoisotopic (exact) mass is 344 g/mol. The number of esters is 1. The molecule has 128 valence electrons. The number of carbonyl (C=O) groups is 1. The first kappa shape index (κ1) is 18.4. The lowest BCUT2D eigenvalue weighted by Gasteiger charge is -2.20. The maximum atomic E-state index is 12.3. The third kappa shape index (κ3) is 5.60. The Labute approximate surface area is 148 Å². The minimum absolute atomic E-state index is 0.328. The molecule has 0 aliphatic heterocycles. The van der Waals surface area contributed by atoms with Gasteiger partial charge in [-0.05, 0) is 24.6 Å². The van der Waals surface area contributed by atoms with E-state index in [1.54, 1.807) is 18.7 Å². The van der Waals surface area contributed by atoms with Crippen molar-refractivity contribution in [3.63, 3.8) is 0 Å². The molecule has 4 heteroatoms. The second-order valence-electron chi connectivity index (χ2n) is 5.66. The van der Waals surface area contributed by atoms with Gasteiger partial charge in [-0.25, -0.2) is 4.79 Å². The third-order valence-electron chi connectivity index (χ3n) is 3.29. The molecule has 0 aromatic heterocycles. The molecule has 0 N–H and O–H groups in total. The average Bonchev–Trinajstić information content (AvgIpc) is 2.56. The molecule has 2 rings (SSSR count). The van der Waals surface area contributed by atoms with E-state index in [1.807, 2.05) is 54.6 Å². The van der Waals surface area contributed by atoms with Crippen LogP contribution in [0.2, 0.25) is 0 Å². The zero-order valence-electron chi connectivity index (χ0n) is 14.4. The summed E-state index contributed by atoms with van der Waals surface area (Å²) in [6.45, 7) is 6.42. The van der Waals surface area contributed by atoms with Gasteiger partial charge in [-0.2, -0.15) is 0 Å². The van der Waals surface area contributed by atoms with Gasteiger partial charge in [0.15, 0.2) is 6.10 Å². The van der Waals surface area contributed by atoms with Crippen molar-refractivity contribution in [1.82, 2.24) is 0 Å². The van der Waals surface area contributed by atoms with Crippen LogP contribution in [0, 0.1) is 0 Å². The number of para-hydroxylation sites is 1. The highest BCUT2D eigenvalue weighted by Gasteiger charge is 2.23. The molecular weight excluding hydrogens is 320 g/mol. The van der Waals surface area contributed by atoms with E-state index in [0.717, 1.165) is 16.2 Å². The van der Waals surface area contributed by atoms with Crippen LogP contribution in [-0.2, 0) is 16.0 Å². The van der Waals surface area contributed by atoms with Crippen molar-refractivity contribution >= 4 is 17.7 Å². The van der Waals surface area contributed by atoms with Crippen LogP contribution in [0.15, 0.2) is 59.5 Å². The summed E-state index contributed by atoms with van der Waals surface area (Å²) >= 11 is 1.72. The number of ether oxygens (including phenoxy) is 2. The van der Waals surface area contributed by atoms with Crippen LogP contribution in [0.3, 0.4) is 0 Å². The second kappa shape index (κ2) is 9.38. The Morgan fingerprint density at radius 2 is 1.71 bits per heavy atom. The van der Waals surface area contributed by atoms with Crippen LogP contribution in [0.1, 0.15) is 26.3 Å². The summed E-state index contributed by atoms with van der Waals surface area (Å²) in [6.07, 6.45) is -0.165. The Hall–Kier alpha value is -1.94. The van der Waals surface area contributed by atoms with Crippen molar-refractivity contribution in [2.45, 2.75) is 43.4 Å². The molecule has 0 spiro atoms. The molecule has 24 heavy (non-hydrogen) atoms. The van der Waals surface area contributed by atoms with Gasteiger partial charge in [-0.1, -0.05) is 56.3 Å². The maximum Gasteiger partial charge on any atom is 0.347 e. The molecule has 1 unspecified atom stereocenters. The highest BCUT2D eigenvalue weighted by atomic mass is 32.2. The Bertz CT molecular complexity index is 640. The fraction of sp³-hybridized carbons (Fsp3) is 0.350. The summed E-state index contributed by atoms with van der Waals surface area (Å²) in [4.78, 5) is 13.4. The molecule has 0 heterocycles. The Kier molecular flexibility index (Phi) is 7.19. The predicted octanol–water partition coefficient (Wildman–Crippen LogP) is 4.74. The molecule has 0 amide bonds. The van der Waals surface area contributed by atoms with Crippen molar-refractivity contribution in [2.75, 3.05) is 6.61 Å². The van der Waals surface area contributed by atoms with E-state index in [0.29, 0.717) is 18.3 Å². The molecule has 0 aliphatic carbocycles. The largest absolute Gasteiger partial charge is 0.477 e. The topological polar surface area (TPSA) is 35.5 Å². The first-order chi connectivity index (χ1) is 11.6. The molecule has 1 atom stereocenters. The molecule has 0 radical (unpaired) electrons. The smallest absolute Gasteiger partial charge is 0.347 e. The van der Waals surface area contributed by atoms with Crippen LogP contribution in [-0.4, -0.2) is 23.9 Å². The van der Waals surface area contributed by atoms with E-state index < -0.39 is 6.10 Å². The molecule has 0 fully saturated rings. The Balaban J connectivity index is 2.20. The fourth-order valence-electron chi connectivity index (χ4n) is 2.29. The zero-order chi connectivity index (χ0) is 17.4. The molecule has 0 saturated carbocycles. The number of rotatable bonds is 8. The van der Waals surface area contributed by atoms with Crippen molar-refractivity contribution in [2.24, 2.45) is 0 Å². The van der Waals surface area contributed by atoms with E-state index in [-0.39, 0.29) is 5.97 Å². The van der Waals surface area contributed by atoms with Gasteiger partial charge < -0.3 is 9.47 Å². The first-order valence-electron chi connectivity index (χ1n) is 8.23. The summed E-state index contributed by atoms with van der Waals surface area (Å²) in [6, 6.07) is 17.7. The summed E-state index contributed by atoms with van der Waals surface area (Å²) in [5, 5.41) is 0.435. The van der Waals surface area contributed by atoms with Gasteiger partial charge in [0.05, 0.1) is 6.61 Å². The molecule has 2 aromatic rings. The first-order valence-corrected chi connectivity index (χ1v) is 9.11. The quantitative estimate of drug-likeness (QED) is 0.512. The second-order valence-corrected chi connectivity index (χ2v) is 7.28. The molecule has 2 aromatic carbocycles. The lowest BCUT2D eigenvalue weighted by atomic mass is 10.1. The predicted molar refractivity (Wildman–Crippen MR) is 98.6 cm³/mol. The van der Waals surface area contributed by atoms with Crippen LogP contribution >= 0.6 is 11.8 Å². The van der Waals surface area contributed by atoms with Gasteiger partial charge in [0.25, 0.3) is 0 Å². The Morgan fingerprint density at radius 1 is 1.04 bits per heavy atom. The van der Waals surface area contributed by atoms with Crippen molar-refractivity contribution in [1.29, 1.82) is 0 Å². The van der Waals surface area contributed by atoms with Gasteiger partial charge in [-0.3, -0.25) is 0 Å². The highest BCUT2D eigenvalue weighted by molar-refractivity contribution is 8.00. The minimum Gasteiger partial charge on any atom is -0.477 e. The van der Waals surface area contributed by atoms with E-state index in [9.17, 15) is 4.79 Å². The Morgan fingerprint density at radius 3 is 2.38 bits per heavy atom. The van der Waals surface area contributed by atoms with E-state index >= 15 is 0 Å². The van der Waals surface area contributed by atoms with Gasteiger partial charge in [0.2, 0.25) is 0 Å². The zero-order valence-corrected chi connectivity index (χ0v) is 15.2. The van der Waals surface area contributed by atoms with Gasteiger partial charge >= 0.3 is 5.97 Å². The summed E-state index contributed by atoms with van der Waals surface area (Å²) in [5.41, 5.74) is 1.05. The van der Waals surface area contributed by atoms with Gasteiger partial charge in [0.1, 0.15) is 5.75 Å². The summed E-state index contributed by atoms with van der Waals surface area (Å²) in [5.74, 6) is 0.399. The lowest BCUT2D eigenvalue weighted by Crippen LogP contribution is -2.31. The summed E-state index contributed by atoms with van der Waals surface area (Å²) < 4.78 is 11.3. The lowest BCUT2D eigenvalue weighted by molar-refractivity contribution is -0.151. The molecule has 0 aliphatic rings. The van der Waals surface area contributed by atoms with Crippen LogP contribution in [0.4, 0.5) is 0 Å². The molecule has 0 saturated heterocycles. The van der Waals surface area contributed by atoms with Crippen molar-refractivity contribution < 1.29 is 14.3 Å². The fourth-order valence-corrected chi connectivity index (χ4v) is 3.19. The number of carbonyl (C=O) groups excluding carboxylic acids is 1. The number of benzene rings is 2. The van der Waals surface area contributed by atoms with Crippen LogP contribution < -0.4 is 4.74 Å². The number of thioether (sulfide) groups is 1. The van der Waals surface area contributed by atoms with Gasteiger partial charge in [0, 0.05) is 16.6 Å². The van der Waals surface area contributed by atoms with Crippen LogP contribution in [0.5, 0.6) is 5.75 Å².